The first kappa shape index (κ1) is 20.7. The summed E-state index contributed by atoms with van der Waals surface area (Å²) < 4.78 is 0. The molecule has 6 heteroatoms. The Morgan fingerprint density at radius 2 is 1.88 bits per heavy atom. The monoisotopic (exact) mass is 380 g/mol. The Morgan fingerprint density at radius 3 is 2.54 bits per heavy atom. The van der Waals surface area contributed by atoms with Crippen LogP contribution in [-0.4, -0.2) is 52.5 Å². The van der Waals surface area contributed by atoms with Crippen LogP contribution in [0, 0.1) is 5.92 Å². The summed E-state index contributed by atoms with van der Waals surface area (Å²) in [6.45, 7) is 2.21. The van der Waals surface area contributed by atoms with Crippen LogP contribution >= 0.6 is 12.4 Å². The first-order valence-corrected chi connectivity index (χ1v) is 9.28. The van der Waals surface area contributed by atoms with Gasteiger partial charge in [0.25, 0.3) is 0 Å². The smallest absolute Gasteiger partial charge is 0.320 e. The van der Waals surface area contributed by atoms with E-state index in [0.29, 0.717) is 12.3 Å². The zero-order valence-corrected chi connectivity index (χ0v) is 16.3. The number of hydrogen-bond acceptors (Lipinski definition) is 3. The molecule has 1 aliphatic carbocycles. The van der Waals surface area contributed by atoms with Gasteiger partial charge in [-0.05, 0) is 37.7 Å². The minimum Gasteiger partial charge on any atom is -0.480 e. The van der Waals surface area contributed by atoms with Crippen LogP contribution in [0.4, 0.5) is 0 Å². The van der Waals surface area contributed by atoms with E-state index in [1.807, 2.05) is 49.2 Å². The van der Waals surface area contributed by atoms with Crippen molar-refractivity contribution in [1.29, 1.82) is 0 Å². The molecule has 1 aromatic carbocycles. The number of nitrogens with zero attached hydrogens (tertiary/aromatic N) is 2. The Labute approximate surface area is 161 Å². The predicted octanol–water partition coefficient (Wildman–Crippen LogP) is 3.35. The third-order valence-electron chi connectivity index (χ3n) is 6.08. The van der Waals surface area contributed by atoms with Crippen molar-refractivity contribution >= 4 is 24.3 Å². The lowest BCUT2D eigenvalue weighted by atomic mass is 9.85. The van der Waals surface area contributed by atoms with Crippen molar-refractivity contribution in [2.45, 2.75) is 57.2 Å². The molecule has 2 aliphatic rings. The van der Waals surface area contributed by atoms with E-state index >= 15 is 0 Å². The summed E-state index contributed by atoms with van der Waals surface area (Å²) in [6.07, 6.45) is 5.11. The lowest BCUT2D eigenvalue weighted by Gasteiger charge is -2.34. The average molecular weight is 381 g/mol. The number of benzene rings is 1. The standard InChI is InChI=1S/C20H28N2O3.ClH/c1-14(15-8-4-3-5-9-15)21(2)19(23)13-22-17-11-7-6-10-16(17)12-18(22)20(24)25;/h3-5,8-9,14,16-18H,6-7,10-13H2,1-2H3,(H,24,25);1H. The number of carboxylic acids is 1. The van der Waals surface area contributed by atoms with Gasteiger partial charge in [-0.15, -0.1) is 12.4 Å². The van der Waals surface area contributed by atoms with E-state index in [9.17, 15) is 14.7 Å². The summed E-state index contributed by atoms with van der Waals surface area (Å²) in [6, 6.07) is 9.64. The summed E-state index contributed by atoms with van der Waals surface area (Å²) in [5.74, 6) is -0.366. The van der Waals surface area contributed by atoms with Crippen LogP contribution in [-0.2, 0) is 9.59 Å². The Balaban J connectivity index is 0.00000243. The van der Waals surface area contributed by atoms with Crippen molar-refractivity contribution in [3.05, 3.63) is 35.9 Å². The predicted molar refractivity (Wildman–Crippen MR) is 103 cm³/mol. The molecule has 1 N–H and O–H groups in total. The largest absolute Gasteiger partial charge is 0.480 e. The fourth-order valence-corrected chi connectivity index (χ4v) is 4.46. The Bertz CT molecular complexity index is 625. The molecule has 144 valence electrons. The van der Waals surface area contributed by atoms with Crippen molar-refractivity contribution in [3.63, 3.8) is 0 Å². The van der Waals surface area contributed by atoms with Crippen LogP contribution in [0.5, 0.6) is 0 Å². The van der Waals surface area contributed by atoms with Gasteiger partial charge in [-0.3, -0.25) is 14.5 Å². The van der Waals surface area contributed by atoms with Gasteiger partial charge in [0.15, 0.2) is 0 Å². The van der Waals surface area contributed by atoms with E-state index in [2.05, 4.69) is 0 Å². The summed E-state index contributed by atoms with van der Waals surface area (Å²) in [7, 11) is 1.81. The van der Waals surface area contributed by atoms with Crippen LogP contribution < -0.4 is 0 Å². The van der Waals surface area contributed by atoms with Crippen molar-refractivity contribution < 1.29 is 14.7 Å². The zero-order chi connectivity index (χ0) is 18.0. The highest BCUT2D eigenvalue weighted by atomic mass is 35.5. The van der Waals surface area contributed by atoms with Crippen LogP contribution in [0.15, 0.2) is 30.3 Å². The molecule has 26 heavy (non-hydrogen) atoms. The molecule has 3 rings (SSSR count). The molecular weight excluding hydrogens is 352 g/mol. The second-order valence-electron chi connectivity index (χ2n) is 7.47. The molecule has 0 radical (unpaired) electrons. The molecular formula is C20H29ClN2O3. The van der Waals surface area contributed by atoms with Crippen molar-refractivity contribution in [1.82, 2.24) is 9.80 Å². The number of aliphatic carboxylic acids is 1. The highest BCUT2D eigenvalue weighted by Crippen LogP contribution is 2.39. The molecule has 4 unspecified atom stereocenters. The van der Waals surface area contributed by atoms with Crippen LogP contribution in [0.2, 0.25) is 0 Å². The maximum absolute atomic E-state index is 12.8. The molecule has 4 atom stereocenters. The average Bonchev–Trinajstić information content (AvgIpc) is 3.00. The third-order valence-corrected chi connectivity index (χ3v) is 6.08. The molecule has 1 aliphatic heterocycles. The lowest BCUT2D eigenvalue weighted by Crippen LogP contribution is -2.48. The molecule has 2 fully saturated rings. The van der Waals surface area contributed by atoms with Crippen molar-refractivity contribution in [2.75, 3.05) is 13.6 Å². The van der Waals surface area contributed by atoms with Gasteiger partial charge in [0, 0.05) is 13.1 Å². The molecule has 1 aromatic rings. The summed E-state index contributed by atoms with van der Waals surface area (Å²) in [4.78, 5) is 28.2. The number of rotatable bonds is 5. The van der Waals surface area contributed by atoms with Crippen LogP contribution in [0.1, 0.15) is 50.6 Å². The number of likely N-dealkylation sites (N-methyl/N-ethyl adjacent to an activating group) is 1. The molecule has 1 amide bonds. The maximum atomic E-state index is 12.8. The van der Waals surface area contributed by atoms with Gasteiger partial charge in [0.05, 0.1) is 12.6 Å². The van der Waals surface area contributed by atoms with Crippen LogP contribution in [0.3, 0.4) is 0 Å². The van der Waals surface area contributed by atoms with Gasteiger partial charge in [0.2, 0.25) is 5.91 Å². The highest BCUT2D eigenvalue weighted by Gasteiger charge is 2.46. The number of carbonyl (C=O) groups is 2. The van der Waals surface area contributed by atoms with E-state index in [1.54, 1.807) is 4.90 Å². The number of fused-ring (bicyclic) bond motifs is 1. The van der Waals surface area contributed by atoms with E-state index in [-0.39, 0.29) is 36.9 Å². The van der Waals surface area contributed by atoms with E-state index in [4.69, 9.17) is 0 Å². The molecule has 5 nitrogen and oxygen atoms in total. The van der Waals surface area contributed by atoms with Gasteiger partial charge < -0.3 is 10.0 Å². The maximum Gasteiger partial charge on any atom is 0.320 e. The number of hydrogen-bond donors (Lipinski definition) is 1. The minimum atomic E-state index is -0.791. The topological polar surface area (TPSA) is 60.9 Å². The zero-order valence-electron chi connectivity index (χ0n) is 15.5. The number of carboxylic acid groups (broad SMARTS) is 1. The summed E-state index contributed by atoms with van der Waals surface area (Å²) >= 11 is 0. The third kappa shape index (κ3) is 4.21. The van der Waals surface area contributed by atoms with Gasteiger partial charge in [-0.25, -0.2) is 0 Å². The quantitative estimate of drug-likeness (QED) is 0.850. The van der Waals surface area contributed by atoms with Gasteiger partial charge in [-0.2, -0.15) is 0 Å². The van der Waals surface area contributed by atoms with E-state index in [0.717, 1.165) is 24.8 Å². The Hall–Kier alpha value is -1.59. The van der Waals surface area contributed by atoms with Crippen molar-refractivity contribution in [2.24, 2.45) is 5.92 Å². The molecule has 1 saturated carbocycles. The summed E-state index contributed by atoms with van der Waals surface area (Å²) in [5, 5.41) is 9.60. The second-order valence-corrected chi connectivity index (χ2v) is 7.47. The Morgan fingerprint density at radius 1 is 1.23 bits per heavy atom. The highest BCUT2D eigenvalue weighted by molar-refractivity contribution is 5.85. The Kier molecular flexibility index (Phi) is 7.07. The second kappa shape index (κ2) is 8.87. The fraction of sp³-hybridized carbons (Fsp3) is 0.600. The normalized spacial score (nSPS) is 26.5. The van der Waals surface area contributed by atoms with Gasteiger partial charge in [0.1, 0.15) is 6.04 Å². The molecule has 1 saturated heterocycles. The SMILES string of the molecule is CC(c1ccccc1)N(C)C(=O)CN1C(C(=O)O)CC2CCCCC21.Cl. The number of likely N-dealkylation sites (tertiary alicyclic amines) is 1. The molecule has 0 spiro atoms. The lowest BCUT2D eigenvalue weighted by molar-refractivity contribution is -0.144. The molecule has 0 bridgehead atoms. The van der Waals surface area contributed by atoms with Gasteiger partial charge >= 0.3 is 5.97 Å². The number of halogens is 1. The molecule has 0 aromatic heterocycles. The first-order valence-electron chi connectivity index (χ1n) is 9.28. The fourth-order valence-electron chi connectivity index (χ4n) is 4.46. The van der Waals surface area contributed by atoms with E-state index < -0.39 is 12.0 Å². The first-order chi connectivity index (χ1) is 12.0. The molecule has 1 heterocycles. The minimum absolute atomic E-state index is 0. The van der Waals surface area contributed by atoms with Gasteiger partial charge in [-0.1, -0.05) is 43.2 Å². The summed E-state index contributed by atoms with van der Waals surface area (Å²) in [5.41, 5.74) is 1.09. The van der Waals surface area contributed by atoms with E-state index in [1.165, 1.54) is 6.42 Å². The number of carbonyl (C=O) groups excluding carboxylic acids is 1. The number of amides is 1. The van der Waals surface area contributed by atoms with Crippen molar-refractivity contribution in [3.8, 4) is 0 Å². The van der Waals surface area contributed by atoms with Crippen LogP contribution in [0.25, 0.3) is 0 Å².